The molecule has 0 amide bonds. The van der Waals surface area contributed by atoms with Crippen molar-refractivity contribution >= 4 is 17.1 Å². The van der Waals surface area contributed by atoms with Gasteiger partial charge in [0.15, 0.2) is 11.5 Å². The summed E-state index contributed by atoms with van der Waals surface area (Å²) in [5.74, 6) is 1.65. The maximum Gasteiger partial charge on any atom is 0.151 e. The molecule has 5 aromatic rings. The van der Waals surface area contributed by atoms with Crippen LogP contribution in [0.25, 0.3) is 22.3 Å². The zero-order valence-electron chi connectivity index (χ0n) is 18.2. The number of rotatable bonds is 3. The molecule has 4 heteroatoms. The van der Waals surface area contributed by atoms with E-state index in [0.29, 0.717) is 5.69 Å². The molecule has 0 unspecified atom stereocenters. The second-order valence-electron chi connectivity index (χ2n) is 8.01. The zero-order chi connectivity index (χ0) is 22.9. The van der Waals surface area contributed by atoms with Crippen LogP contribution in [-0.2, 0) is 0 Å². The highest BCUT2D eigenvalue weighted by Crippen LogP contribution is 2.52. The molecule has 0 radical (unpaired) electrons. The number of nitrogens with zero attached hydrogens (tertiary/aromatic N) is 3. The first kappa shape index (κ1) is 19.8. The lowest BCUT2D eigenvalue weighted by molar-refractivity contribution is 0.477. The van der Waals surface area contributed by atoms with E-state index >= 15 is 0 Å². The van der Waals surface area contributed by atoms with Gasteiger partial charge < -0.3 is 9.64 Å². The lowest BCUT2D eigenvalue weighted by Crippen LogP contribution is -2.16. The smallest absolute Gasteiger partial charge is 0.151 e. The number of para-hydroxylation sites is 5. The van der Waals surface area contributed by atoms with E-state index in [1.165, 1.54) is 0 Å². The molecule has 1 aromatic heterocycles. The average Bonchev–Trinajstić information content (AvgIpc) is 2.92. The van der Waals surface area contributed by atoms with Crippen molar-refractivity contribution in [2.24, 2.45) is 0 Å². The van der Waals surface area contributed by atoms with Crippen molar-refractivity contribution in [3.05, 3.63) is 121 Å². The molecule has 0 bridgehead atoms. The number of anilines is 3. The fourth-order valence-corrected chi connectivity index (χ4v) is 4.41. The van der Waals surface area contributed by atoms with Gasteiger partial charge in [-0.05, 0) is 65.2 Å². The summed E-state index contributed by atoms with van der Waals surface area (Å²) in [4.78, 5) is 6.36. The minimum absolute atomic E-state index is 0.407. The fraction of sp³-hybridized carbons (Fsp3) is 0. The highest BCUT2D eigenvalue weighted by atomic mass is 16.5. The highest BCUT2D eigenvalue weighted by Gasteiger charge is 2.26. The van der Waals surface area contributed by atoms with Crippen molar-refractivity contribution in [3.63, 3.8) is 0 Å². The summed E-state index contributed by atoms with van der Waals surface area (Å²) < 4.78 is 6.20. The van der Waals surface area contributed by atoms with Gasteiger partial charge in [-0.3, -0.25) is 0 Å². The Balaban J connectivity index is 1.52. The Morgan fingerprint density at radius 2 is 1.24 bits per heavy atom. The van der Waals surface area contributed by atoms with E-state index < -0.39 is 0 Å². The molecular formula is C30H19N3O. The van der Waals surface area contributed by atoms with Gasteiger partial charge in [-0.25, -0.2) is 4.98 Å². The third-order valence-electron chi connectivity index (χ3n) is 5.96. The minimum Gasteiger partial charge on any atom is -0.453 e. The molecule has 2 heterocycles. The predicted octanol–water partition coefficient (Wildman–Crippen LogP) is 7.86. The van der Waals surface area contributed by atoms with Gasteiger partial charge in [-0.15, -0.1) is 0 Å². The average molecular weight is 438 g/mol. The predicted molar refractivity (Wildman–Crippen MR) is 135 cm³/mol. The van der Waals surface area contributed by atoms with Gasteiger partial charge in [0.1, 0.15) is 11.8 Å². The van der Waals surface area contributed by atoms with Crippen LogP contribution in [0.2, 0.25) is 0 Å². The van der Waals surface area contributed by atoms with Gasteiger partial charge in [0.25, 0.3) is 0 Å². The van der Waals surface area contributed by atoms with Crippen LogP contribution in [0.1, 0.15) is 5.69 Å². The molecule has 4 nitrogen and oxygen atoms in total. The van der Waals surface area contributed by atoms with E-state index in [1.54, 1.807) is 6.20 Å². The highest BCUT2D eigenvalue weighted by molar-refractivity contribution is 5.93. The summed E-state index contributed by atoms with van der Waals surface area (Å²) in [6.45, 7) is 0. The second-order valence-corrected chi connectivity index (χ2v) is 8.01. The summed E-state index contributed by atoms with van der Waals surface area (Å²) in [5, 5.41) is 9.25. The Morgan fingerprint density at radius 3 is 1.97 bits per heavy atom. The Hall–Kier alpha value is -4.88. The van der Waals surface area contributed by atoms with E-state index in [-0.39, 0.29) is 0 Å². The molecule has 0 spiro atoms. The summed E-state index contributed by atoms with van der Waals surface area (Å²) in [5.41, 5.74) is 7.66. The Morgan fingerprint density at radius 1 is 0.618 bits per heavy atom. The van der Waals surface area contributed by atoms with E-state index in [2.05, 4.69) is 76.6 Å². The number of benzene rings is 4. The van der Waals surface area contributed by atoms with E-state index in [1.807, 2.05) is 48.5 Å². The monoisotopic (exact) mass is 437 g/mol. The van der Waals surface area contributed by atoms with Crippen LogP contribution in [0.4, 0.5) is 17.1 Å². The summed E-state index contributed by atoms with van der Waals surface area (Å²) in [6.07, 6.45) is 1.68. The lowest BCUT2D eigenvalue weighted by Gasteiger charge is -2.34. The molecule has 0 atom stereocenters. The zero-order valence-corrected chi connectivity index (χ0v) is 18.2. The maximum atomic E-state index is 9.25. The van der Waals surface area contributed by atoms with Gasteiger partial charge >= 0.3 is 0 Å². The number of nitriles is 1. The van der Waals surface area contributed by atoms with Crippen molar-refractivity contribution in [3.8, 4) is 39.8 Å². The largest absolute Gasteiger partial charge is 0.453 e. The van der Waals surface area contributed by atoms with Crippen LogP contribution in [0.15, 0.2) is 115 Å². The van der Waals surface area contributed by atoms with Crippen molar-refractivity contribution < 1.29 is 4.74 Å². The van der Waals surface area contributed by atoms with Crippen LogP contribution in [0.5, 0.6) is 11.5 Å². The van der Waals surface area contributed by atoms with Crippen molar-refractivity contribution in [1.82, 2.24) is 4.98 Å². The standard InChI is InChI=1S/C30H19N3O/c31-20-24-19-22(16-17-32-24)21-8-7-9-23(18-21)25-10-1-2-11-26(25)33-27-12-3-5-14-29(27)34-30-15-6-4-13-28(30)33/h1-19H. The van der Waals surface area contributed by atoms with Gasteiger partial charge in [-0.2, -0.15) is 5.26 Å². The van der Waals surface area contributed by atoms with Crippen molar-refractivity contribution in [2.45, 2.75) is 0 Å². The van der Waals surface area contributed by atoms with Gasteiger partial charge in [0.05, 0.1) is 17.1 Å². The van der Waals surface area contributed by atoms with Gasteiger partial charge in [0.2, 0.25) is 0 Å². The van der Waals surface area contributed by atoms with Gasteiger partial charge in [0, 0.05) is 11.8 Å². The first-order valence-electron chi connectivity index (χ1n) is 11.0. The van der Waals surface area contributed by atoms with Crippen LogP contribution in [-0.4, -0.2) is 4.98 Å². The fourth-order valence-electron chi connectivity index (χ4n) is 4.41. The number of hydrogen-bond acceptors (Lipinski definition) is 4. The lowest BCUT2D eigenvalue weighted by atomic mass is 9.97. The number of ether oxygens (including phenoxy) is 1. The summed E-state index contributed by atoms with van der Waals surface area (Å²) in [7, 11) is 0. The molecule has 0 fully saturated rings. The molecule has 160 valence electrons. The molecule has 6 rings (SSSR count). The second kappa shape index (κ2) is 8.23. The third-order valence-corrected chi connectivity index (χ3v) is 5.96. The van der Waals surface area contributed by atoms with E-state index in [4.69, 9.17) is 4.74 Å². The Bertz CT molecular complexity index is 1520. The minimum atomic E-state index is 0.407. The van der Waals surface area contributed by atoms with Crippen molar-refractivity contribution in [2.75, 3.05) is 4.90 Å². The van der Waals surface area contributed by atoms with Crippen molar-refractivity contribution in [1.29, 1.82) is 5.26 Å². The number of hydrogen-bond donors (Lipinski definition) is 0. The molecule has 0 saturated heterocycles. The topological polar surface area (TPSA) is 49.2 Å². The molecule has 4 aromatic carbocycles. The van der Waals surface area contributed by atoms with Crippen LogP contribution in [0.3, 0.4) is 0 Å². The summed E-state index contributed by atoms with van der Waals surface area (Å²) >= 11 is 0. The van der Waals surface area contributed by atoms with Gasteiger partial charge in [-0.1, -0.05) is 60.7 Å². The molecule has 1 aliphatic heterocycles. The summed E-state index contributed by atoms with van der Waals surface area (Å²) in [6, 6.07) is 38.9. The molecular weight excluding hydrogens is 418 g/mol. The molecule has 1 aliphatic rings. The number of fused-ring (bicyclic) bond motifs is 2. The third kappa shape index (κ3) is 3.37. The Labute approximate surface area is 198 Å². The van der Waals surface area contributed by atoms with Crippen LogP contribution < -0.4 is 9.64 Å². The van der Waals surface area contributed by atoms with E-state index in [9.17, 15) is 5.26 Å². The normalized spacial score (nSPS) is 11.7. The molecule has 0 aliphatic carbocycles. The SMILES string of the molecule is N#Cc1cc(-c2cccc(-c3ccccc3N3c4ccccc4Oc4ccccc43)c2)ccn1. The Kier molecular flexibility index (Phi) is 4.79. The number of aromatic nitrogens is 1. The first-order chi connectivity index (χ1) is 16.8. The molecule has 34 heavy (non-hydrogen) atoms. The first-order valence-corrected chi connectivity index (χ1v) is 11.0. The van der Waals surface area contributed by atoms with Crippen LogP contribution in [0, 0.1) is 11.3 Å². The number of pyridine rings is 1. The maximum absolute atomic E-state index is 9.25. The molecule has 0 saturated carbocycles. The quantitative estimate of drug-likeness (QED) is 0.283. The molecule has 0 N–H and O–H groups in total. The van der Waals surface area contributed by atoms with E-state index in [0.717, 1.165) is 50.8 Å². The van der Waals surface area contributed by atoms with Crippen LogP contribution >= 0.6 is 0 Å².